The van der Waals surface area contributed by atoms with Gasteiger partial charge in [-0.15, -0.1) is 4.72 Å². The fourth-order valence-electron chi connectivity index (χ4n) is 0.970. The van der Waals surface area contributed by atoms with Gasteiger partial charge in [0, 0.05) is 11.4 Å². The van der Waals surface area contributed by atoms with Gasteiger partial charge >= 0.3 is 0 Å². The van der Waals surface area contributed by atoms with Crippen LogP contribution in [0.15, 0.2) is 0 Å². The van der Waals surface area contributed by atoms with Crippen LogP contribution in [-0.2, 0) is 11.4 Å². The van der Waals surface area contributed by atoms with Gasteiger partial charge in [0.2, 0.25) is 0 Å². The van der Waals surface area contributed by atoms with Crippen LogP contribution in [0.25, 0.3) is 0 Å². The van der Waals surface area contributed by atoms with Crippen molar-refractivity contribution in [2.75, 3.05) is 0 Å². The van der Waals surface area contributed by atoms with Gasteiger partial charge in [-0.3, -0.25) is 0 Å². The fraction of sp³-hybridized carbons (Fsp3) is 1.00. The van der Waals surface area contributed by atoms with Crippen molar-refractivity contribution in [3.63, 3.8) is 0 Å². The van der Waals surface area contributed by atoms with Gasteiger partial charge in [0.15, 0.2) is 0 Å². The molecule has 0 spiro atoms. The number of hydrogen-bond acceptors (Lipinski definition) is 2. The van der Waals surface area contributed by atoms with Gasteiger partial charge in [0.25, 0.3) is 0 Å². The average Bonchev–Trinajstić information content (AvgIpc) is 1.50. The van der Waals surface area contributed by atoms with Gasteiger partial charge < -0.3 is 4.55 Å². The first-order chi connectivity index (χ1) is 4.99. The van der Waals surface area contributed by atoms with E-state index in [2.05, 4.69) is 4.72 Å². The standard InChI is InChI=1S/C8H17NOS/c1-8(2,3)9-11(10)7-5-4-6-7/h7,9H,4-6H2,1-3H3. The Morgan fingerprint density at radius 2 is 1.91 bits per heavy atom. The molecule has 1 N–H and O–H groups in total. The van der Waals surface area contributed by atoms with Gasteiger partial charge in [-0.25, -0.2) is 0 Å². The maximum Gasteiger partial charge on any atom is 0.135 e. The summed E-state index contributed by atoms with van der Waals surface area (Å²) in [5.41, 5.74) is -0.0134. The van der Waals surface area contributed by atoms with E-state index < -0.39 is 11.4 Å². The van der Waals surface area contributed by atoms with Crippen LogP contribution in [-0.4, -0.2) is 15.3 Å². The molecule has 0 bridgehead atoms. The molecule has 0 aromatic heterocycles. The number of nitrogens with one attached hydrogen (secondary N) is 1. The molecular formula is C8H17NOS. The lowest BCUT2D eigenvalue weighted by molar-refractivity contribution is 0.440. The van der Waals surface area contributed by atoms with Crippen molar-refractivity contribution in [2.24, 2.45) is 0 Å². The van der Waals surface area contributed by atoms with Gasteiger partial charge in [0.05, 0.1) is 5.54 Å². The van der Waals surface area contributed by atoms with Crippen LogP contribution in [0, 0.1) is 0 Å². The van der Waals surface area contributed by atoms with Crippen LogP contribution in [0.5, 0.6) is 0 Å². The summed E-state index contributed by atoms with van der Waals surface area (Å²) in [4.78, 5) is 0. The Morgan fingerprint density at radius 1 is 1.36 bits per heavy atom. The summed E-state index contributed by atoms with van der Waals surface area (Å²) < 4.78 is 14.5. The highest BCUT2D eigenvalue weighted by Gasteiger charge is 2.32. The summed E-state index contributed by atoms with van der Waals surface area (Å²) in [6.07, 6.45) is 3.52. The third kappa shape index (κ3) is 3.01. The van der Waals surface area contributed by atoms with Crippen molar-refractivity contribution in [3.05, 3.63) is 0 Å². The average molecular weight is 175 g/mol. The lowest BCUT2D eigenvalue weighted by Crippen LogP contribution is -2.47. The molecule has 1 fully saturated rings. The summed E-state index contributed by atoms with van der Waals surface area (Å²) in [5.74, 6) is 0. The number of hydrogen-bond donors (Lipinski definition) is 1. The van der Waals surface area contributed by atoms with Gasteiger partial charge in [-0.2, -0.15) is 0 Å². The molecule has 2 nitrogen and oxygen atoms in total. The Kier molecular flexibility index (Phi) is 2.84. The molecule has 1 rings (SSSR count). The van der Waals surface area contributed by atoms with Crippen LogP contribution in [0.3, 0.4) is 0 Å². The molecule has 1 aliphatic carbocycles. The molecule has 0 aliphatic heterocycles. The van der Waals surface area contributed by atoms with E-state index in [1.54, 1.807) is 0 Å². The molecule has 11 heavy (non-hydrogen) atoms. The van der Waals surface area contributed by atoms with Crippen molar-refractivity contribution in [2.45, 2.75) is 50.8 Å². The second-order valence-electron chi connectivity index (χ2n) is 4.20. The Hall–Kier alpha value is 0.270. The van der Waals surface area contributed by atoms with E-state index in [-0.39, 0.29) is 5.54 Å². The predicted octanol–water partition coefficient (Wildman–Crippen LogP) is 1.59. The lowest BCUT2D eigenvalue weighted by atomic mass is 10.0. The van der Waals surface area contributed by atoms with E-state index in [1.807, 2.05) is 20.8 Å². The highest BCUT2D eigenvalue weighted by Crippen LogP contribution is 2.26. The first kappa shape index (κ1) is 9.36. The molecule has 0 saturated heterocycles. The second-order valence-corrected chi connectivity index (χ2v) is 5.67. The van der Waals surface area contributed by atoms with Crippen molar-refractivity contribution in [1.29, 1.82) is 0 Å². The van der Waals surface area contributed by atoms with E-state index in [1.165, 1.54) is 6.42 Å². The maximum absolute atomic E-state index is 11.4. The molecule has 1 saturated carbocycles. The third-order valence-electron chi connectivity index (χ3n) is 1.76. The highest BCUT2D eigenvalue weighted by molar-refractivity contribution is 7.90. The minimum Gasteiger partial charge on any atom is -0.598 e. The predicted molar refractivity (Wildman–Crippen MR) is 48.7 cm³/mol. The second kappa shape index (κ2) is 3.33. The number of rotatable bonds is 2. The summed E-state index contributed by atoms with van der Waals surface area (Å²) in [7, 11) is 0. The molecule has 66 valence electrons. The Morgan fingerprint density at radius 3 is 2.18 bits per heavy atom. The van der Waals surface area contributed by atoms with Crippen molar-refractivity contribution >= 4 is 11.4 Å². The first-order valence-electron chi connectivity index (χ1n) is 4.17. The summed E-state index contributed by atoms with van der Waals surface area (Å²) >= 11 is -0.797. The molecule has 1 unspecified atom stereocenters. The SMILES string of the molecule is CC(C)(C)N[S+]([O-])C1CCC1. The molecule has 0 heterocycles. The van der Waals surface area contributed by atoms with Gasteiger partial charge in [0.1, 0.15) is 5.25 Å². The van der Waals surface area contributed by atoms with E-state index in [9.17, 15) is 4.55 Å². The van der Waals surface area contributed by atoms with E-state index >= 15 is 0 Å². The maximum atomic E-state index is 11.4. The molecule has 0 radical (unpaired) electrons. The smallest absolute Gasteiger partial charge is 0.135 e. The van der Waals surface area contributed by atoms with E-state index in [0.717, 1.165) is 12.8 Å². The van der Waals surface area contributed by atoms with Crippen LogP contribution >= 0.6 is 0 Å². The Balaban J connectivity index is 2.24. The molecule has 1 aliphatic rings. The zero-order valence-electron chi connectivity index (χ0n) is 7.52. The minimum absolute atomic E-state index is 0.0134. The summed E-state index contributed by atoms with van der Waals surface area (Å²) in [6, 6.07) is 0. The first-order valence-corrected chi connectivity index (χ1v) is 5.39. The zero-order valence-corrected chi connectivity index (χ0v) is 8.33. The molecule has 0 aromatic carbocycles. The van der Waals surface area contributed by atoms with Gasteiger partial charge in [-0.1, -0.05) is 0 Å². The summed E-state index contributed by atoms with van der Waals surface area (Å²) in [6.45, 7) is 6.14. The van der Waals surface area contributed by atoms with E-state index in [0.29, 0.717) is 5.25 Å². The fourth-order valence-corrected chi connectivity index (χ4v) is 2.50. The van der Waals surface area contributed by atoms with Crippen LogP contribution in [0.4, 0.5) is 0 Å². The highest BCUT2D eigenvalue weighted by atomic mass is 32.2. The van der Waals surface area contributed by atoms with Crippen molar-refractivity contribution < 1.29 is 4.55 Å². The monoisotopic (exact) mass is 175 g/mol. The van der Waals surface area contributed by atoms with Gasteiger partial charge in [-0.05, 0) is 40.0 Å². The largest absolute Gasteiger partial charge is 0.598 e. The topological polar surface area (TPSA) is 35.1 Å². The van der Waals surface area contributed by atoms with E-state index in [4.69, 9.17) is 0 Å². The Labute approximate surface area is 72.1 Å². The van der Waals surface area contributed by atoms with Crippen LogP contribution in [0.2, 0.25) is 0 Å². The molecular weight excluding hydrogens is 158 g/mol. The summed E-state index contributed by atoms with van der Waals surface area (Å²) in [5, 5.41) is 0.425. The van der Waals surface area contributed by atoms with Crippen LogP contribution in [0.1, 0.15) is 40.0 Å². The molecule has 3 heteroatoms. The van der Waals surface area contributed by atoms with Crippen LogP contribution < -0.4 is 4.72 Å². The minimum atomic E-state index is -0.797. The van der Waals surface area contributed by atoms with Crippen molar-refractivity contribution in [1.82, 2.24) is 4.72 Å². The lowest BCUT2D eigenvalue weighted by Gasteiger charge is -2.31. The third-order valence-corrected chi connectivity index (χ3v) is 3.65. The molecule has 1 atom stereocenters. The quantitative estimate of drug-likeness (QED) is 0.647. The normalized spacial score (nSPS) is 22.9. The van der Waals surface area contributed by atoms with Crippen molar-refractivity contribution in [3.8, 4) is 0 Å². The molecule has 0 aromatic rings. The Bertz CT molecular complexity index is 129. The molecule has 0 amide bonds. The zero-order chi connectivity index (χ0) is 8.48.